The molecule has 4 nitrogen and oxygen atoms in total. The lowest BCUT2D eigenvalue weighted by Crippen LogP contribution is -2.31. The Morgan fingerprint density at radius 3 is 2.54 bits per heavy atom. The van der Waals surface area contributed by atoms with Crippen LogP contribution in [0.3, 0.4) is 0 Å². The maximum Gasteiger partial charge on any atom is 0.254 e. The second-order valence-corrected chi connectivity index (χ2v) is 8.00. The zero-order chi connectivity index (χ0) is 20.1. The lowest BCUT2D eigenvalue weighted by Gasteiger charge is -2.30. The third-order valence-corrected chi connectivity index (χ3v) is 5.80. The van der Waals surface area contributed by atoms with Crippen molar-refractivity contribution in [2.45, 2.75) is 19.8 Å². The molecule has 6 heteroatoms. The first-order valence-electron chi connectivity index (χ1n) is 8.99. The van der Waals surface area contributed by atoms with Crippen LogP contribution in [0.25, 0.3) is 0 Å². The Hall–Kier alpha value is -2.55. The molecule has 0 saturated carbocycles. The molecule has 142 valence electrons. The molecule has 1 aliphatic rings. The first-order valence-corrected chi connectivity index (χ1v) is 10.4. The number of nitrogens with zero attached hydrogens (tertiary/aromatic N) is 2. The maximum atomic E-state index is 13.2. The fraction of sp³-hybridized carbons (Fsp3) is 0.227. The van der Waals surface area contributed by atoms with Crippen LogP contribution in [-0.2, 0) is 4.79 Å². The van der Waals surface area contributed by atoms with E-state index in [2.05, 4.69) is 16.4 Å². The van der Waals surface area contributed by atoms with Crippen molar-refractivity contribution in [3.8, 4) is 6.07 Å². The van der Waals surface area contributed by atoms with Crippen molar-refractivity contribution < 1.29 is 4.79 Å². The van der Waals surface area contributed by atoms with E-state index in [1.165, 1.54) is 11.8 Å². The third-order valence-electron chi connectivity index (χ3n) is 4.53. The molecule has 2 aromatic rings. The molecule has 1 N–H and O–H groups in total. The summed E-state index contributed by atoms with van der Waals surface area (Å²) in [5.74, 6) is -0.511. The first kappa shape index (κ1) is 20.2. The lowest BCUT2D eigenvalue weighted by molar-refractivity contribution is -0.113. The van der Waals surface area contributed by atoms with Gasteiger partial charge >= 0.3 is 0 Å². The van der Waals surface area contributed by atoms with E-state index in [-0.39, 0.29) is 5.91 Å². The minimum Gasteiger partial charge on any atom is -0.322 e. The van der Waals surface area contributed by atoms with Gasteiger partial charge in [-0.1, -0.05) is 54.9 Å². The molecule has 0 spiro atoms. The number of amides is 1. The Labute approximate surface area is 174 Å². The van der Waals surface area contributed by atoms with Crippen molar-refractivity contribution in [1.29, 1.82) is 5.26 Å². The molecule has 0 fully saturated rings. The number of hydrogen-bond donors (Lipinski definition) is 1. The van der Waals surface area contributed by atoms with Crippen molar-refractivity contribution in [2.75, 3.05) is 11.1 Å². The molecule has 1 aliphatic heterocycles. The molecule has 0 saturated heterocycles. The smallest absolute Gasteiger partial charge is 0.254 e. The molecule has 0 aliphatic carbocycles. The van der Waals surface area contributed by atoms with Gasteiger partial charge in [-0.05, 0) is 36.4 Å². The molecule has 2 atom stereocenters. The quantitative estimate of drug-likeness (QED) is 0.710. The van der Waals surface area contributed by atoms with Crippen molar-refractivity contribution in [2.24, 2.45) is 10.9 Å². The number of aliphatic imine (C=N–C) groups is 1. The monoisotopic (exact) mass is 409 g/mol. The van der Waals surface area contributed by atoms with Gasteiger partial charge in [0.25, 0.3) is 5.91 Å². The highest BCUT2D eigenvalue weighted by molar-refractivity contribution is 8.14. The number of benzene rings is 2. The Bertz CT molecular complexity index is 979. The highest BCUT2D eigenvalue weighted by Gasteiger charge is 2.39. The van der Waals surface area contributed by atoms with E-state index in [1.54, 1.807) is 6.07 Å². The summed E-state index contributed by atoms with van der Waals surface area (Å²) in [6.45, 7) is 3.83. The Morgan fingerprint density at radius 2 is 1.89 bits per heavy atom. The van der Waals surface area contributed by atoms with Crippen LogP contribution in [0, 0.1) is 17.2 Å². The van der Waals surface area contributed by atoms with Crippen LogP contribution in [0.2, 0.25) is 5.02 Å². The predicted molar refractivity (Wildman–Crippen MR) is 117 cm³/mol. The van der Waals surface area contributed by atoms with Crippen molar-refractivity contribution in [3.05, 3.63) is 76.5 Å². The van der Waals surface area contributed by atoms with E-state index >= 15 is 0 Å². The summed E-state index contributed by atoms with van der Waals surface area (Å²) >= 11 is 8.00. The van der Waals surface area contributed by atoms with Crippen molar-refractivity contribution in [1.82, 2.24) is 0 Å². The van der Waals surface area contributed by atoms with Gasteiger partial charge in [0.1, 0.15) is 5.92 Å². The van der Waals surface area contributed by atoms with E-state index < -0.39 is 11.8 Å². The van der Waals surface area contributed by atoms with Crippen LogP contribution in [-0.4, -0.2) is 16.7 Å². The van der Waals surface area contributed by atoms with Gasteiger partial charge in [0.05, 0.1) is 11.1 Å². The topological polar surface area (TPSA) is 65.2 Å². The van der Waals surface area contributed by atoms with Crippen molar-refractivity contribution >= 4 is 40.0 Å². The van der Waals surface area contributed by atoms with Crippen LogP contribution in [0.1, 0.15) is 25.3 Å². The van der Waals surface area contributed by atoms with Gasteiger partial charge in [-0.15, -0.1) is 11.8 Å². The Balaban J connectivity index is 2.11. The number of thioether (sulfide) groups is 1. The molecular weight excluding hydrogens is 390 g/mol. The Kier molecular flexibility index (Phi) is 6.56. The molecule has 1 unspecified atom stereocenters. The molecule has 0 radical (unpaired) electrons. The maximum absolute atomic E-state index is 13.2. The second-order valence-electron chi connectivity index (χ2n) is 6.31. The fourth-order valence-electron chi connectivity index (χ4n) is 3.32. The van der Waals surface area contributed by atoms with E-state index in [0.717, 1.165) is 16.4 Å². The van der Waals surface area contributed by atoms with Gasteiger partial charge in [0.2, 0.25) is 0 Å². The van der Waals surface area contributed by atoms with Crippen molar-refractivity contribution in [3.63, 3.8) is 0 Å². The number of rotatable bonds is 4. The largest absolute Gasteiger partial charge is 0.322 e. The number of allylic oxidation sites excluding steroid dienone is 1. The average Bonchev–Trinajstić information content (AvgIpc) is 2.69. The van der Waals surface area contributed by atoms with Crippen LogP contribution < -0.4 is 5.32 Å². The van der Waals surface area contributed by atoms with Gasteiger partial charge in [-0.25, -0.2) is 4.99 Å². The fourth-order valence-corrected chi connectivity index (χ4v) is 4.44. The molecule has 2 aromatic carbocycles. The van der Waals surface area contributed by atoms with Crippen LogP contribution in [0.15, 0.2) is 70.9 Å². The summed E-state index contributed by atoms with van der Waals surface area (Å²) in [5, 5.41) is 14.1. The molecule has 0 aromatic heterocycles. The summed E-state index contributed by atoms with van der Waals surface area (Å²) in [7, 11) is 0. The average molecular weight is 410 g/mol. The number of nitriles is 1. The van der Waals surface area contributed by atoms with Gasteiger partial charge in [-0.3, -0.25) is 4.79 Å². The molecular formula is C22H20ClN3OS. The normalized spacial score (nSPS) is 19.0. The number of nitrogens with one attached hydrogen (secondary N) is 1. The highest BCUT2D eigenvalue weighted by Crippen LogP contribution is 2.43. The van der Waals surface area contributed by atoms with Gasteiger partial charge in [-0.2, -0.15) is 5.26 Å². The number of hydrogen-bond acceptors (Lipinski definition) is 4. The van der Waals surface area contributed by atoms with Crippen LogP contribution in [0.4, 0.5) is 5.69 Å². The molecule has 28 heavy (non-hydrogen) atoms. The molecule has 0 bridgehead atoms. The second kappa shape index (κ2) is 9.09. The van der Waals surface area contributed by atoms with E-state index in [1.807, 2.05) is 62.4 Å². The van der Waals surface area contributed by atoms with Gasteiger partial charge in [0.15, 0.2) is 0 Å². The zero-order valence-electron chi connectivity index (χ0n) is 15.6. The van der Waals surface area contributed by atoms with E-state index in [9.17, 15) is 10.1 Å². The Morgan fingerprint density at radius 1 is 1.21 bits per heavy atom. The molecule has 3 rings (SSSR count). The highest BCUT2D eigenvalue weighted by atomic mass is 35.5. The first-order chi connectivity index (χ1) is 13.6. The molecule has 1 amide bonds. The number of carbonyl (C=O) groups is 1. The molecule has 1 heterocycles. The van der Waals surface area contributed by atoms with Crippen LogP contribution >= 0.6 is 23.4 Å². The summed E-state index contributed by atoms with van der Waals surface area (Å²) in [4.78, 5) is 17.8. The summed E-state index contributed by atoms with van der Waals surface area (Å²) in [6, 6.07) is 19.0. The standard InChI is InChI=1S/C22H20ClN3OS/c1-3-28-22-17(13-24)20(16-11-7-8-12-18(16)23)19(14(2)25-22)21(27)26-15-9-5-4-6-10-15/h4-12,17,20H,3H2,1-2H3,(H,26,27)/t17?,20-/m1/s1. The van der Waals surface area contributed by atoms with E-state index in [0.29, 0.717) is 22.0 Å². The minimum absolute atomic E-state index is 0.266. The minimum atomic E-state index is -0.565. The summed E-state index contributed by atoms with van der Waals surface area (Å²) in [6.07, 6.45) is 0. The third kappa shape index (κ3) is 4.14. The number of halogens is 1. The number of para-hydroxylation sites is 1. The zero-order valence-corrected chi connectivity index (χ0v) is 17.2. The SMILES string of the molecule is CCSC1=NC(C)=C(C(=O)Nc2ccccc2)[C@H](c2ccccc2Cl)C1C#N. The predicted octanol–water partition coefficient (Wildman–Crippen LogP) is 5.64. The van der Waals surface area contributed by atoms with Gasteiger partial charge < -0.3 is 5.32 Å². The lowest BCUT2D eigenvalue weighted by atomic mass is 9.78. The van der Waals surface area contributed by atoms with Gasteiger partial charge in [0, 0.05) is 27.9 Å². The summed E-state index contributed by atoms with van der Waals surface area (Å²) < 4.78 is 0. The number of anilines is 1. The van der Waals surface area contributed by atoms with Crippen LogP contribution in [0.5, 0.6) is 0 Å². The van der Waals surface area contributed by atoms with E-state index in [4.69, 9.17) is 11.6 Å². The number of carbonyl (C=O) groups excluding carboxylic acids is 1. The summed E-state index contributed by atoms with van der Waals surface area (Å²) in [5.41, 5.74) is 2.54.